The highest BCUT2D eigenvalue weighted by Crippen LogP contribution is 2.24. The summed E-state index contributed by atoms with van der Waals surface area (Å²) in [6, 6.07) is -0.806. The Balaban J connectivity index is 2.23. The molecule has 0 bridgehead atoms. The molecule has 2 aromatic rings. The summed E-state index contributed by atoms with van der Waals surface area (Å²) in [7, 11) is 0. The smallest absolute Gasteiger partial charge is 0.382 e. The van der Waals surface area contributed by atoms with Crippen molar-refractivity contribution in [2.45, 2.75) is 25.6 Å². The van der Waals surface area contributed by atoms with E-state index in [1.165, 1.54) is 13.1 Å². The highest BCUT2D eigenvalue weighted by molar-refractivity contribution is 5.65. The topological polar surface area (TPSA) is 68.2 Å². The van der Waals surface area contributed by atoms with E-state index in [2.05, 4.69) is 15.3 Å². The van der Waals surface area contributed by atoms with Gasteiger partial charge < -0.3 is 15.5 Å². The van der Waals surface area contributed by atoms with Gasteiger partial charge in [-0.25, -0.2) is 9.97 Å². The van der Waals surface area contributed by atoms with Crippen LogP contribution in [0.2, 0.25) is 0 Å². The summed E-state index contributed by atoms with van der Waals surface area (Å²) in [6.45, 7) is 1.43. The monoisotopic (exact) mass is 259 g/mol. The molecule has 0 aromatic carbocycles. The highest BCUT2D eigenvalue weighted by Gasteiger charge is 2.30. The molecule has 2 aromatic heterocycles. The lowest BCUT2D eigenvalue weighted by Gasteiger charge is -2.16. The third kappa shape index (κ3) is 2.82. The van der Waals surface area contributed by atoms with Gasteiger partial charge in [-0.2, -0.15) is 13.2 Å². The Labute approximate surface area is 101 Å². The second kappa shape index (κ2) is 4.35. The summed E-state index contributed by atoms with van der Waals surface area (Å²) in [5.41, 5.74) is 6.01. The van der Waals surface area contributed by atoms with Crippen LogP contribution in [0.5, 0.6) is 0 Å². The minimum absolute atomic E-state index is 0.210. The largest absolute Gasteiger partial charge is 0.391 e. The van der Waals surface area contributed by atoms with Crippen molar-refractivity contribution in [2.75, 3.05) is 11.1 Å². The molecule has 98 valence electrons. The molecule has 2 rings (SSSR count). The minimum atomic E-state index is -4.22. The number of halogens is 3. The Bertz CT molecular complexity index is 548. The number of nitrogens with one attached hydrogen (secondary N) is 1. The van der Waals surface area contributed by atoms with Gasteiger partial charge in [0.15, 0.2) is 11.5 Å². The number of anilines is 2. The van der Waals surface area contributed by atoms with Crippen LogP contribution in [0.15, 0.2) is 18.6 Å². The van der Waals surface area contributed by atoms with Crippen LogP contribution < -0.4 is 11.1 Å². The van der Waals surface area contributed by atoms with Crippen LogP contribution in [0.4, 0.5) is 24.8 Å². The third-order valence-corrected chi connectivity index (χ3v) is 2.31. The second-order valence-corrected chi connectivity index (χ2v) is 4.04. The first kappa shape index (κ1) is 12.5. The molecule has 8 heteroatoms. The van der Waals surface area contributed by atoms with Gasteiger partial charge in [-0.1, -0.05) is 0 Å². The first-order chi connectivity index (χ1) is 8.35. The van der Waals surface area contributed by atoms with Crippen molar-refractivity contribution >= 4 is 17.3 Å². The summed E-state index contributed by atoms with van der Waals surface area (Å²) in [4.78, 5) is 7.97. The SMILES string of the molecule is CC(CC(F)(F)F)Nc1nc(N)cn2ccnc12. The van der Waals surface area contributed by atoms with E-state index in [9.17, 15) is 13.2 Å². The molecule has 0 aliphatic rings. The second-order valence-electron chi connectivity index (χ2n) is 4.04. The maximum atomic E-state index is 12.2. The van der Waals surface area contributed by atoms with Crippen LogP contribution in [0.3, 0.4) is 0 Å². The van der Waals surface area contributed by atoms with E-state index in [1.54, 1.807) is 16.8 Å². The summed E-state index contributed by atoms with van der Waals surface area (Å²) in [6.07, 6.45) is -0.459. The molecule has 0 fully saturated rings. The molecule has 0 amide bonds. The van der Waals surface area contributed by atoms with Crippen molar-refractivity contribution in [3.05, 3.63) is 18.6 Å². The number of nitrogens with zero attached hydrogens (tertiary/aromatic N) is 3. The fourth-order valence-corrected chi connectivity index (χ4v) is 1.68. The predicted molar refractivity (Wildman–Crippen MR) is 61.2 cm³/mol. The normalized spacial score (nSPS) is 13.8. The lowest BCUT2D eigenvalue weighted by Crippen LogP contribution is -2.24. The van der Waals surface area contributed by atoms with E-state index in [0.717, 1.165) is 0 Å². The number of rotatable bonds is 3. The van der Waals surface area contributed by atoms with Crippen molar-refractivity contribution in [1.82, 2.24) is 14.4 Å². The number of alkyl halides is 3. The van der Waals surface area contributed by atoms with Gasteiger partial charge in [-0.05, 0) is 6.92 Å². The summed E-state index contributed by atoms with van der Waals surface area (Å²) in [5.74, 6) is 0.457. The van der Waals surface area contributed by atoms with E-state index < -0.39 is 18.6 Å². The lowest BCUT2D eigenvalue weighted by molar-refractivity contribution is -0.136. The van der Waals surface area contributed by atoms with E-state index >= 15 is 0 Å². The number of aromatic nitrogens is 3. The fraction of sp³-hybridized carbons (Fsp3) is 0.400. The molecule has 0 saturated heterocycles. The molecule has 18 heavy (non-hydrogen) atoms. The van der Waals surface area contributed by atoms with Crippen molar-refractivity contribution in [3.8, 4) is 0 Å². The van der Waals surface area contributed by atoms with Crippen LogP contribution in [0.1, 0.15) is 13.3 Å². The van der Waals surface area contributed by atoms with E-state index in [-0.39, 0.29) is 11.6 Å². The predicted octanol–water partition coefficient (Wildman–Crippen LogP) is 2.06. The molecule has 2 heterocycles. The Hall–Kier alpha value is -1.99. The highest BCUT2D eigenvalue weighted by atomic mass is 19.4. The molecule has 5 nitrogen and oxygen atoms in total. The lowest BCUT2D eigenvalue weighted by atomic mass is 10.2. The molecular weight excluding hydrogens is 247 g/mol. The molecular formula is C10H12F3N5. The number of hydrogen-bond acceptors (Lipinski definition) is 4. The van der Waals surface area contributed by atoms with Crippen LogP contribution in [0.25, 0.3) is 5.65 Å². The van der Waals surface area contributed by atoms with Gasteiger partial charge in [0.2, 0.25) is 0 Å². The number of nitrogens with two attached hydrogens (primary N) is 1. The van der Waals surface area contributed by atoms with Crippen molar-refractivity contribution in [1.29, 1.82) is 0 Å². The average Bonchev–Trinajstić information content (AvgIpc) is 2.61. The maximum absolute atomic E-state index is 12.2. The molecule has 0 spiro atoms. The van der Waals surface area contributed by atoms with Gasteiger partial charge >= 0.3 is 6.18 Å². The zero-order valence-electron chi connectivity index (χ0n) is 9.57. The number of imidazole rings is 1. The maximum Gasteiger partial charge on any atom is 0.391 e. The first-order valence-corrected chi connectivity index (χ1v) is 5.27. The van der Waals surface area contributed by atoms with Crippen molar-refractivity contribution < 1.29 is 13.2 Å². The Morgan fingerprint density at radius 1 is 1.50 bits per heavy atom. The standard InChI is InChI=1S/C10H12F3N5/c1-6(4-10(11,12)13)16-8-9-15-2-3-18(9)5-7(14)17-8/h2-3,5-6H,4,14H2,1H3,(H,16,17). The average molecular weight is 259 g/mol. The Kier molecular flexibility index (Phi) is 3.02. The van der Waals surface area contributed by atoms with Gasteiger partial charge in [0.05, 0.1) is 12.6 Å². The van der Waals surface area contributed by atoms with E-state index in [4.69, 9.17) is 5.73 Å². The summed E-state index contributed by atoms with van der Waals surface area (Å²) in [5, 5.41) is 2.67. The number of nitrogen functional groups attached to an aromatic ring is 1. The van der Waals surface area contributed by atoms with Gasteiger partial charge in [0, 0.05) is 18.4 Å². The number of hydrogen-bond donors (Lipinski definition) is 2. The van der Waals surface area contributed by atoms with E-state index in [1.807, 2.05) is 0 Å². The quantitative estimate of drug-likeness (QED) is 0.885. The minimum Gasteiger partial charge on any atom is -0.382 e. The van der Waals surface area contributed by atoms with Crippen LogP contribution in [0, 0.1) is 0 Å². The fourth-order valence-electron chi connectivity index (χ4n) is 1.68. The molecule has 0 radical (unpaired) electrons. The summed E-state index contributed by atoms with van der Waals surface area (Å²) < 4.78 is 38.3. The number of fused-ring (bicyclic) bond motifs is 1. The van der Waals surface area contributed by atoms with Gasteiger partial charge in [-0.3, -0.25) is 0 Å². The van der Waals surface area contributed by atoms with Crippen molar-refractivity contribution in [2.24, 2.45) is 0 Å². The molecule has 0 saturated carbocycles. The molecule has 1 atom stereocenters. The van der Waals surface area contributed by atoms with Crippen LogP contribution >= 0.6 is 0 Å². The van der Waals surface area contributed by atoms with Gasteiger partial charge in [-0.15, -0.1) is 0 Å². The Morgan fingerprint density at radius 2 is 2.22 bits per heavy atom. The van der Waals surface area contributed by atoms with Crippen LogP contribution in [-0.2, 0) is 0 Å². The molecule has 3 N–H and O–H groups in total. The summed E-state index contributed by atoms with van der Waals surface area (Å²) >= 11 is 0. The molecule has 1 unspecified atom stereocenters. The van der Waals surface area contributed by atoms with E-state index in [0.29, 0.717) is 5.65 Å². The van der Waals surface area contributed by atoms with Crippen LogP contribution in [-0.4, -0.2) is 26.6 Å². The first-order valence-electron chi connectivity index (χ1n) is 5.27. The van der Waals surface area contributed by atoms with Gasteiger partial charge in [0.25, 0.3) is 0 Å². The zero-order chi connectivity index (χ0) is 13.3. The molecule has 0 aliphatic carbocycles. The molecule has 0 aliphatic heterocycles. The Morgan fingerprint density at radius 3 is 2.89 bits per heavy atom. The van der Waals surface area contributed by atoms with Gasteiger partial charge in [0.1, 0.15) is 5.82 Å². The van der Waals surface area contributed by atoms with Crippen molar-refractivity contribution in [3.63, 3.8) is 0 Å². The zero-order valence-corrected chi connectivity index (χ0v) is 9.57. The third-order valence-electron chi connectivity index (χ3n) is 2.31.